The third-order valence-corrected chi connectivity index (χ3v) is 5.88. The molecule has 0 saturated heterocycles. The van der Waals surface area contributed by atoms with Crippen molar-refractivity contribution < 1.29 is 9.85 Å². The number of hydrogen-bond donors (Lipinski definition) is 0. The van der Waals surface area contributed by atoms with Crippen molar-refractivity contribution in [3.8, 4) is 0 Å². The summed E-state index contributed by atoms with van der Waals surface area (Å²) < 4.78 is 0. The molecule has 0 aromatic heterocycles. The van der Waals surface area contributed by atoms with Crippen LogP contribution in [0.1, 0.15) is 0 Å². The molecule has 3 aromatic carbocycles. The molecule has 0 fully saturated rings. The van der Waals surface area contributed by atoms with Crippen LogP contribution < -0.4 is 41.1 Å². The second-order valence-electron chi connectivity index (χ2n) is 9.12. The molecule has 0 heterocycles. The largest absolute Gasteiger partial charge is 0.376 e. The van der Waals surface area contributed by atoms with Gasteiger partial charge in [-0.3, -0.25) is 20.2 Å². The minimum Gasteiger partial charge on any atom is -0.376 e. The summed E-state index contributed by atoms with van der Waals surface area (Å²) in [6, 6.07) is 13.1. The first-order chi connectivity index (χ1) is 20.2. The Hall–Kier alpha value is -6.58. The number of rotatable bonds is 4. The van der Waals surface area contributed by atoms with E-state index in [1.54, 1.807) is 6.07 Å². The van der Waals surface area contributed by atoms with Crippen molar-refractivity contribution >= 4 is 57.1 Å². The Balaban J connectivity index is 2.45. The van der Waals surface area contributed by atoms with Gasteiger partial charge in [0.15, 0.2) is 0 Å². The molecule has 4 rings (SSSR count). The maximum Gasteiger partial charge on any atom is 0.347 e. The summed E-state index contributed by atoms with van der Waals surface area (Å²) in [4.78, 5) is 25.4. The van der Waals surface area contributed by atoms with Gasteiger partial charge in [-0.15, -0.1) is 0 Å². The Morgan fingerprint density at radius 2 is 0.786 bits per heavy atom. The first-order valence-corrected chi connectivity index (χ1v) is 12.3. The van der Waals surface area contributed by atoms with Gasteiger partial charge in [0, 0.05) is 71.6 Å². The molecule has 1 aliphatic carbocycles. The average Bonchev–Trinajstić information content (AvgIpc) is 2.95. The molecule has 42 heavy (non-hydrogen) atoms. The van der Waals surface area contributed by atoms with Crippen molar-refractivity contribution in [2.24, 2.45) is 0 Å². The van der Waals surface area contributed by atoms with Gasteiger partial charge in [-0.1, -0.05) is 46.5 Å². The van der Waals surface area contributed by atoms with E-state index in [2.05, 4.69) is 68.8 Å². The number of anilines is 2. The second kappa shape index (κ2) is 12.5. The van der Waals surface area contributed by atoms with E-state index in [1.165, 1.54) is 0 Å². The van der Waals surface area contributed by atoms with Crippen LogP contribution in [-0.4, -0.2) is 38.0 Å². The van der Waals surface area contributed by atoms with Gasteiger partial charge in [-0.05, 0) is 58.7 Å². The Bertz CT molecular complexity index is 2460. The van der Waals surface area contributed by atoms with E-state index in [9.17, 15) is 20.2 Å². The van der Waals surface area contributed by atoms with E-state index in [-0.39, 0.29) is 10.4 Å². The summed E-state index contributed by atoms with van der Waals surface area (Å²) in [5.74, 6) is 0. The van der Waals surface area contributed by atoms with Crippen molar-refractivity contribution in [3.63, 3.8) is 0 Å². The number of hydrogen-bond acceptors (Lipinski definition) is 6. The summed E-state index contributed by atoms with van der Waals surface area (Å²) in [6.07, 6.45) is 0. The molecule has 0 radical (unpaired) electrons. The second-order valence-corrected chi connectivity index (χ2v) is 9.12. The first-order valence-electron chi connectivity index (χ1n) is 12.3. The van der Waals surface area contributed by atoms with Gasteiger partial charge in [0.05, 0.1) is 21.2 Å². The van der Waals surface area contributed by atoms with Gasteiger partial charge >= 0.3 is 11.4 Å². The van der Waals surface area contributed by atoms with Crippen molar-refractivity contribution in [3.05, 3.63) is 134 Å². The van der Waals surface area contributed by atoms with Crippen LogP contribution in [0.5, 0.6) is 0 Å². The zero-order valence-corrected chi connectivity index (χ0v) is 23.0. The van der Waals surface area contributed by atoms with Crippen molar-refractivity contribution in [1.29, 1.82) is 0 Å². The molecule has 0 amide bonds. The standard InChI is InChI=1S/C34H20N4O4/c1-35(2)31-21-27-17-9-7-15-25-13-5-6-14-26(25)16-8-10-19-29-23-33(37(39)40)34(38(41)42)24-30(29)20-12-11-18-28(27)22-32(31)36(3)4/h5-6,13-14,21-24H,1-4H3. The fourth-order valence-corrected chi connectivity index (χ4v) is 3.87. The van der Waals surface area contributed by atoms with Gasteiger partial charge < -0.3 is 9.80 Å². The SMILES string of the molecule is CN(C)c1cc2c(cc1N(C)C)=C=C=C=C=c1cc([N+](=O)[O-])c([N+](=O)[O-])cc1=C=C=C=C=c1ccccc1=C=C=C=C=2. The lowest BCUT2D eigenvalue weighted by Gasteiger charge is -2.22. The van der Waals surface area contributed by atoms with Crippen LogP contribution >= 0.6 is 0 Å². The highest BCUT2D eigenvalue weighted by Gasteiger charge is 2.24. The lowest BCUT2D eigenvalue weighted by molar-refractivity contribution is -0.422. The predicted molar refractivity (Wildman–Crippen MR) is 161 cm³/mol. The third kappa shape index (κ3) is 6.52. The minimum atomic E-state index is -0.832. The van der Waals surface area contributed by atoms with Gasteiger partial charge in [0.2, 0.25) is 0 Å². The summed E-state index contributed by atoms with van der Waals surface area (Å²) in [6.45, 7) is 0. The Morgan fingerprint density at radius 1 is 0.500 bits per heavy atom. The molecule has 200 valence electrons. The highest BCUT2D eigenvalue weighted by Crippen LogP contribution is 2.23. The number of nitro benzene ring substituents is 2. The molecule has 1 aliphatic rings. The van der Waals surface area contributed by atoms with Gasteiger partial charge in [0.25, 0.3) is 0 Å². The van der Waals surface area contributed by atoms with Crippen molar-refractivity contribution in [1.82, 2.24) is 0 Å². The van der Waals surface area contributed by atoms with E-state index in [1.807, 2.05) is 68.3 Å². The van der Waals surface area contributed by atoms with Crippen molar-refractivity contribution in [2.75, 3.05) is 38.0 Å². The summed E-state index contributed by atoms with van der Waals surface area (Å²) in [5, 5.41) is 25.8. The monoisotopic (exact) mass is 548 g/mol. The lowest BCUT2D eigenvalue weighted by Crippen LogP contribution is -2.28. The van der Waals surface area contributed by atoms with E-state index < -0.39 is 21.2 Å². The summed E-state index contributed by atoms with van der Waals surface area (Å²) in [7, 11) is 7.71. The smallest absolute Gasteiger partial charge is 0.347 e. The van der Waals surface area contributed by atoms with E-state index in [4.69, 9.17) is 0 Å². The van der Waals surface area contributed by atoms with Crippen LogP contribution in [0.4, 0.5) is 22.7 Å². The van der Waals surface area contributed by atoms with Crippen LogP contribution in [0.3, 0.4) is 0 Å². The minimum absolute atomic E-state index is 0.111. The summed E-state index contributed by atoms with van der Waals surface area (Å²) >= 11 is 0. The number of nitro groups is 2. The molecule has 0 N–H and O–H groups in total. The molecule has 0 unspecified atom stereocenters. The van der Waals surface area contributed by atoms with Crippen LogP contribution in [0, 0.1) is 20.2 Å². The maximum absolute atomic E-state index is 11.6. The van der Waals surface area contributed by atoms with Crippen LogP contribution in [0.2, 0.25) is 0 Å². The van der Waals surface area contributed by atoms with Crippen molar-refractivity contribution in [2.45, 2.75) is 0 Å². The van der Waals surface area contributed by atoms with E-state index in [0.717, 1.165) is 23.5 Å². The fraction of sp³-hybridized carbons (Fsp3) is 0.118. The van der Waals surface area contributed by atoms with Gasteiger partial charge in [-0.2, -0.15) is 0 Å². The molecule has 0 atom stereocenters. The number of fused-ring (bicyclic) bond motifs is 3. The molecule has 0 aliphatic heterocycles. The van der Waals surface area contributed by atoms with Crippen LogP contribution in [-0.2, 0) is 0 Å². The highest BCUT2D eigenvalue weighted by molar-refractivity contribution is 5.71. The zero-order valence-electron chi connectivity index (χ0n) is 23.0. The fourth-order valence-electron chi connectivity index (χ4n) is 3.87. The van der Waals surface area contributed by atoms with E-state index in [0.29, 0.717) is 20.9 Å². The molecule has 8 heteroatoms. The predicted octanol–water partition coefficient (Wildman–Crippen LogP) is 0.925. The van der Waals surface area contributed by atoms with Crippen LogP contribution in [0.15, 0.2) is 82.9 Å². The van der Waals surface area contributed by atoms with Gasteiger partial charge in [0.1, 0.15) is 0 Å². The normalized spacial score (nSPS) is 10.3. The van der Waals surface area contributed by atoms with Crippen LogP contribution in [0.25, 0.3) is 34.4 Å². The molecular formula is C34H20N4O4. The topological polar surface area (TPSA) is 92.8 Å². The molecule has 3 aromatic rings. The molecule has 0 bridgehead atoms. The number of benzene rings is 3. The van der Waals surface area contributed by atoms with E-state index >= 15 is 0 Å². The number of nitrogens with zero attached hydrogens (tertiary/aromatic N) is 4. The highest BCUT2D eigenvalue weighted by atomic mass is 16.6. The third-order valence-electron chi connectivity index (χ3n) is 5.88. The zero-order chi connectivity index (χ0) is 30.2. The lowest BCUT2D eigenvalue weighted by atomic mass is 10.1. The quantitative estimate of drug-likeness (QED) is 0.214. The molecule has 8 nitrogen and oxygen atoms in total. The molecule has 0 saturated carbocycles. The molecular weight excluding hydrogens is 528 g/mol. The Labute approximate surface area is 239 Å². The maximum atomic E-state index is 11.6. The molecule has 0 spiro atoms. The Morgan fingerprint density at radius 3 is 1.07 bits per heavy atom. The average molecular weight is 549 g/mol. The summed E-state index contributed by atoms with van der Waals surface area (Å²) in [5.41, 5.74) is 34.6. The Kier molecular flexibility index (Phi) is 8.47. The first kappa shape index (κ1) is 28.4. The van der Waals surface area contributed by atoms with Gasteiger partial charge in [-0.25, -0.2) is 0 Å².